The summed E-state index contributed by atoms with van der Waals surface area (Å²) >= 11 is 6.42. The molecular formula is C24H33ClN6O3. The number of fused-ring (bicyclic) bond motifs is 1. The molecule has 9 nitrogen and oxygen atoms in total. The predicted octanol–water partition coefficient (Wildman–Crippen LogP) is 3.71. The molecule has 1 aromatic carbocycles. The summed E-state index contributed by atoms with van der Waals surface area (Å²) in [4.78, 5) is 30.2. The van der Waals surface area contributed by atoms with Gasteiger partial charge in [0, 0.05) is 13.1 Å². The van der Waals surface area contributed by atoms with Crippen molar-refractivity contribution in [2.24, 2.45) is 5.92 Å². The van der Waals surface area contributed by atoms with Crippen LogP contribution in [0, 0.1) is 12.8 Å². The smallest absolute Gasteiger partial charge is 0.407 e. The molecule has 0 saturated carbocycles. The SMILES string of the molecule is Cc1nn2c(=O)n(Cc3ccccc3)c([C@H](NCCNC(=O)OC(C)(C)C)C(C)C)nc2c1Cl. The topological polar surface area (TPSA) is 103 Å². The lowest BCUT2D eigenvalue weighted by atomic mass is 10.0. The molecule has 34 heavy (non-hydrogen) atoms. The Labute approximate surface area is 204 Å². The molecule has 1 atom stereocenters. The van der Waals surface area contributed by atoms with Gasteiger partial charge in [0.15, 0.2) is 5.65 Å². The van der Waals surface area contributed by atoms with Gasteiger partial charge in [-0.1, -0.05) is 55.8 Å². The third kappa shape index (κ3) is 6.15. The number of aromatic nitrogens is 4. The fourth-order valence-corrected chi connectivity index (χ4v) is 3.75. The van der Waals surface area contributed by atoms with Gasteiger partial charge in [0.25, 0.3) is 0 Å². The summed E-state index contributed by atoms with van der Waals surface area (Å²) in [7, 11) is 0. The minimum Gasteiger partial charge on any atom is -0.444 e. The molecule has 0 bridgehead atoms. The number of ether oxygens (including phenoxy) is 1. The second kappa shape index (κ2) is 10.6. The van der Waals surface area contributed by atoms with Gasteiger partial charge in [0.05, 0.1) is 18.3 Å². The molecule has 10 heteroatoms. The minimum atomic E-state index is -0.562. The summed E-state index contributed by atoms with van der Waals surface area (Å²) in [6.07, 6.45) is -0.475. The number of aryl methyl sites for hydroxylation is 1. The van der Waals surface area contributed by atoms with Gasteiger partial charge >= 0.3 is 11.8 Å². The van der Waals surface area contributed by atoms with E-state index in [9.17, 15) is 9.59 Å². The van der Waals surface area contributed by atoms with Crippen LogP contribution in [0.15, 0.2) is 35.1 Å². The van der Waals surface area contributed by atoms with E-state index in [0.717, 1.165) is 5.56 Å². The highest BCUT2D eigenvalue weighted by molar-refractivity contribution is 6.34. The zero-order valence-corrected chi connectivity index (χ0v) is 21.3. The zero-order chi connectivity index (χ0) is 25.0. The molecule has 1 amide bonds. The zero-order valence-electron chi connectivity index (χ0n) is 20.6. The van der Waals surface area contributed by atoms with Crippen LogP contribution in [0.2, 0.25) is 5.02 Å². The maximum absolute atomic E-state index is 13.5. The van der Waals surface area contributed by atoms with Crippen LogP contribution in [0.25, 0.3) is 5.65 Å². The maximum Gasteiger partial charge on any atom is 0.407 e. The number of nitrogens with zero attached hydrogens (tertiary/aromatic N) is 4. The fraction of sp³-hybridized carbons (Fsp3) is 0.500. The molecule has 2 N–H and O–H groups in total. The van der Waals surface area contributed by atoms with Gasteiger partial charge in [-0.05, 0) is 39.2 Å². The van der Waals surface area contributed by atoms with E-state index >= 15 is 0 Å². The van der Waals surface area contributed by atoms with Gasteiger partial charge in [-0.2, -0.15) is 9.61 Å². The Bertz CT molecular complexity index is 1200. The number of carbonyl (C=O) groups is 1. The molecule has 0 aliphatic carbocycles. The number of alkyl carbamates (subject to hydrolysis) is 1. The summed E-state index contributed by atoms with van der Waals surface area (Å²) in [6, 6.07) is 9.45. The standard InChI is InChI=1S/C24H33ClN6O3/c1-15(2)19(26-12-13-27-22(32)34-24(4,5)6)21-28-20-18(25)16(3)29-31(20)23(33)30(21)14-17-10-8-7-9-11-17/h7-11,15,19,26H,12-14H2,1-6H3,(H,27,32)/t19-/m1/s1. The highest BCUT2D eigenvalue weighted by Crippen LogP contribution is 2.24. The lowest BCUT2D eigenvalue weighted by Crippen LogP contribution is -2.41. The fourth-order valence-electron chi connectivity index (χ4n) is 3.59. The van der Waals surface area contributed by atoms with Gasteiger partial charge in [-0.25, -0.2) is 14.6 Å². The van der Waals surface area contributed by atoms with Crippen LogP contribution in [0.3, 0.4) is 0 Å². The summed E-state index contributed by atoms with van der Waals surface area (Å²) in [5.41, 5.74) is 0.982. The maximum atomic E-state index is 13.5. The molecule has 3 aromatic rings. The average molecular weight is 489 g/mol. The Hall–Kier alpha value is -2.91. The van der Waals surface area contributed by atoms with E-state index in [1.54, 1.807) is 11.5 Å². The Morgan fingerprint density at radius 2 is 1.85 bits per heavy atom. The molecule has 0 aliphatic rings. The number of carbonyl (C=O) groups excluding carboxylic acids is 1. The number of amides is 1. The molecule has 3 rings (SSSR count). The lowest BCUT2D eigenvalue weighted by Gasteiger charge is -2.25. The summed E-state index contributed by atoms with van der Waals surface area (Å²) in [6.45, 7) is 12.4. The molecule has 0 fully saturated rings. The van der Waals surface area contributed by atoms with Crippen LogP contribution in [0.4, 0.5) is 4.79 Å². The molecule has 2 aromatic heterocycles. The molecule has 0 aliphatic heterocycles. The first-order valence-corrected chi connectivity index (χ1v) is 11.8. The number of hydrogen-bond acceptors (Lipinski definition) is 6. The number of halogens is 1. The van der Waals surface area contributed by atoms with Crippen LogP contribution < -0.4 is 16.3 Å². The second-order valence-corrected chi connectivity index (χ2v) is 9.94. The van der Waals surface area contributed by atoms with E-state index in [1.807, 2.05) is 65.0 Å². The van der Waals surface area contributed by atoms with Crippen molar-refractivity contribution in [3.63, 3.8) is 0 Å². The molecule has 184 valence electrons. The lowest BCUT2D eigenvalue weighted by molar-refractivity contribution is 0.0527. The normalized spacial score (nSPS) is 12.8. The van der Waals surface area contributed by atoms with Crippen molar-refractivity contribution in [1.29, 1.82) is 0 Å². The van der Waals surface area contributed by atoms with Crippen molar-refractivity contribution in [2.75, 3.05) is 13.1 Å². The Balaban J connectivity index is 1.92. The van der Waals surface area contributed by atoms with E-state index in [4.69, 9.17) is 21.3 Å². The highest BCUT2D eigenvalue weighted by atomic mass is 35.5. The molecule has 2 heterocycles. The highest BCUT2D eigenvalue weighted by Gasteiger charge is 2.25. The van der Waals surface area contributed by atoms with E-state index in [2.05, 4.69) is 15.7 Å². The molecule has 0 spiro atoms. The summed E-state index contributed by atoms with van der Waals surface area (Å²) in [5, 5.41) is 10.8. The van der Waals surface area contributed by atoms with Crippen molar-refractivity contribution >= 4 is 23.3 Å². The van der Waals surface area contributed by atoms with Crippen LogP contribution >= 0.6 is 11.6 Å². The van der Waals surface area contributed by atoms with Crippen molar-refractivity contribution in [3.05, 3.63) is 62.9 Å². The van der Waals surface area contributed by atoms with Crippen LogP contribution in [-0.2, 0) is 11.3 Å². The predicted molar refractivity (Wildman–Crippen MR) is 132 cm³/mol. The van der Waals surface area contributed by atoms with Crippen LogP contribution in [-0.4, -0.2) is 43.9 Å². The van der Waals surface area contributed by atoms with Crippen molar-refractivity contribution in [2.45, 2.75) is 59.7 Å². The van der Waals surface area contributed by atoms with Crippen LogP contribution in [0.5, 0.6) is 0 Å². The molecule has 0 radical (unpaired) electrons. The van der Waals surface area contributed by atoms with Crippen molar-refractivity contribution in [3.8, 4) is 0 Å². The van der Waals surface area contributed by atoms with Crippen molar-refractivity contribution < 1.29 is 9.53 Å². The Kier molecular flexibility index (Phi) is 7.99. The number of hydrogen-bond donors (Lipinski definition) is 2. The van der Waals surface area contributed by atoms with Crippen LogP contribution in [0.1, 0.15) is 57.7 Å². The molecule has 0 unspecified atom stereocenters. The first-order valence-electron chi connectivity index (χ1n) is 11.4. The molecule has 0 saturated heterocycles. The third-order valence-corrected chi connectivity index (χ3v) is 5.60. The summed E-state index contributed by atoms with van der Waals surface area (Å²) in [5.74, 6) is 0.663. The van der Waals surface area contributed by atoms with Gasteiger partial charge in [0.1, 0.15) is 16.4 Å². The first kappa shape index (κ1) is 25.7. The second-order valence-electron chi connectivity index (χ2n) is 9.56. The number of nitrogens with one attached hydrogen (secondary N) is 2. The largest absolute Gasteiger partial charge is 0.444 e. The monoisotopic (exact) mass is 488 g/mol. The van der Waals surface area contributed by atoms with Gasteiger partial charge in [0.2, 0.25) is 0 Å². The van der Waals surface area contributed by atoms with E-state index < -0.39 is 11.7 Å². The quantitative estimate of drug-likeness (QED) is 0.468. The minimum absolute atomic E-state index is 0.0979. The van der Waals surface area contributed by atoms with Gasteiger partial charge < -0.3 is 15.4 Å². The van der Waals surface area contributed by atoms with E-state index in [1.165, 1.54) is 4.52 Å². The Morgan fingerprint density at radius 1 is 1.18 bits per heavy atom. The molecular weight excluding hydrogens is 456 g/mol. The number of benzene rings is 1. The Morgan fingerprint density at radius 3 is 2.47 bits per heavy atom. The van der Waals surface area contributed by atoms with Gasteiger partial charge in [-0.3, -0.25) is 4.57 Å². The third-order valence-electron chi connectivity index (χ3n) is 5.16. The van der Waals surface area contributed by atoms with Gasteiger partial charge in [-0.15, -0.1) is 0 Å². The summed E-state index contributed by atoms with van der Waals surface area (Å²) < 4.78 is 8.17. The average Bonchev–Trinajstić information content (AvgIpc) is 3.04. The van der Waals surface area contributed by atoms with E-state index in [0.29, 0.717) is 41.8 Å². The van der Waals surface area contributed by atoms with Crippen molar-refractivity contribution in [1.82, 2.24) is 29.8 Å². The van der Waals surface area contributed by atoms with E-state index in [-0.39, 0.29) is 17.6 Å². The number of rotatable bonds is 8. The first-order chi connectivity index (χ1) is 16.0.